The van der Waals surface area contributed by atoms with Crippen molar-refractivity contribution in [2.75, 3.05) is 46.2 Å². The topological polar surface area (TPSA) is 81.9 Å². The number of carbonyl (C=O) groups excluding carboxylic acids is 1. The average Bonchev–Trinajstić information content (AvgIpc) is 3.56. The molecule has 1 saturated carbocycles. The smallest absolute Gasteiger partial charge is 0.335 e. The maximum atomic E-state index is 13.1. The quantitative estimate of drug-likeness (QED) is 0.240. The van der Waals surface area contributed by atoms with E-state index in [9.17, 15) is 14.7 Å². The molecule has 216 valence electrons. The van der Waals surface area contributed by atoms with Crippen LogP contribution in [-0.2, 0) is 11.3 Å². The molecule has 0 spiro atoms. The fraction of sp³-hybridized carbons (Fsp3) is 0.406. The molecule has 2 aromatic carbocycles. The number of hydrogen-bond acceptors (Lipinski definition) is 6. The molecule has 1 fully saturated rings. The molecule has 41 heavy (non-hydrogen) atoms. The van der Waals surface area contributed by atoms with E-state index in [-0.39, 0.29) is 18.0 Å². The van der Waals surface area contributed by atoms with Crippen LogP contribution in [0.2, 0.25) is 0 Å². The number of carboxylic acids is 1. The molecule has 8 nitrogen and oxygen atoms in total. The second kappa shape index (κ2) is 12.4. The van der Waals surface area contributed by atoms with E-state index in [1.54, 1.807) is 42.5 Å². The third kappa shape index (κ3) is 6.16. The molecule has 5 rings (SSSR count). The Morgan fingerprint density at radius 2 is 1.73 bits per heavy atom. The lowest BCUT2D eigenvalue weighted by Crippen LogP contribution is -2.28. The highest BCUT2D eigenvalue weighted by Gasteiger charge is 2.29. The van der Waals surface area contributed by atoms with Gasteiger partial charge in [-0.1, -0.05) is 43.5 Å². The van der Waals surface area contributed by atoms with Gasteiger partial charge in [-0.15, -0.1) is 11.3 Å². The van der Waals surface area contributed by atoms with Gasteiger partial charge >= 0.3 is 5.97 Å². The van der Waals surface area contributed by atoms with E-state index in [0.717, 1.165) is 71.9 Å². The Morgan fingerprint density at radius 3 is 2.39 bits per heavy atom. The normalized spacial score (nSPS) is 14.1. The summed E-state index contributed by atoms with van der Waals surface area (Å²) in [6.45, 7) is 1.76. The van der Waals surface area contributed by atoms with Crippen LogP contribution in [0, 0.1) is 0 Å². The number of anilines is 2. The summed E-state index contributed by atoms with van der Waals surface area (Å²) in [7, 11) is 7.64. The molecular weight excluding hydrogens is 534 g/mol. The van der Waals surface area contributed by atoms with E-state index in [1.165, 1.54) is 12.0 Å². The Hall–Kier alpha value is -3.69. The zero-order valence-corrected chi connectivity index (χ0v) is 25.2. The van der Waals surface area contributed by atoms with Crippen LogP contribution in [0.4, 0.5) is 10.8 Å². The van der Waals surface area contributed by atoms with Gasteiger partial charge in [0.15, 0.2) is 5.13 Å². The number of rotatable bonds is 10. The summed E-state index contributed by atoms with van der Waals surface area (Å²) in [5, 5.41) is 13.8. The highest BCUT2D eigenvalue weighted by Crippen LogP contribution is 2.45. The zero-order valence-electron chi connectivity index (χ0n) is 24.3. The molecule has 1 N–H and O–H groups in total. The van der Waals surface area contributed by atoms with Crippen molar-refractivity contribution in [3.63, 3.8) is 0 Å². The fourth-order valence-electron chi connectivity index (χ4n) is 5.77. The molecule has 1 amide bonds. The summed E-state index contributed by atoms with van der Waals surface area (Å²) in [4.78, 5) is 36.3. The largest absolute Gasteiger partial charge is 0.478 e. The number of carbonyl (C=O) groups is 2. The van der Waals surface area contributed by atoms with Crippen LogP contribution in [-0.4, -0.2) is 77.6 Å². The maximum Gasteiger partial charge on any atom is 0.335 e. The number of para-hydroxylation sites is 1. The number of nitrogens with zero attached hydrogens (tertiary/aromatic N) is 5. The number of thiazole rings is 1. The van der Waals surface area contributed by atoms with Crippen LogP contribution in [0.15, 0.2) is 53.9 Å². The van der Waals surface area contributed by atoms with Gasteiger partial charge in [0.25, 0.3) is 0 Å². The van der Waals surface area contributed by atoms with E-state index in [2.05, 4.69) is 41.4 Å². The summed E-state index contributed by atoms with van der Waals surface area (Å²) in [6, 6.07) is 15.6. The minimum atomic E-state index is -0.977. The van der Waals surface area contributed by atoms with E-state index in [4.69, 9.17) is 4.98 Å². The predicted molar refractivity (Wildman–Crippen MR) is 167 cm³/mol. The van der Waals surface area contributed by atoms with E-state index in [0.29, 0.717) is 5.92 Å². The minimum absolute atomic E-state index is 0.0496. The Labute approximate surface area is 245 Å². The number of likely N-dealkylation sites (N-methyl/N-ethyl adjacent to an activating group) is 2. The van der Waals surface area contributed by atoms with Crippen molar-refractivity contribution < 1.29 is 14.7 Å². The first-order chi connectivity index (χ1) is 19.7. The average molecular weight is 574 g/mol. The van der Waals surface area contributed by atoms with Crippen molar-refractivity contribution in [3.8, 4) is 11.4 Å². The zero-order chi connectivity index (χ0) is 29.1. The third-order valence-corrected chi connectivity index (χ3v) is 8.82. The van der Waals surface area contributed by atoms with Gasteiger partial charge in [-0.25, -0.2) is 9.78 Å². The lowest BCUT2D eigenvalue weighted by atomic mass is 9.82. The molecule has 1 aliphatic carbocycles. The summed E-state index contributed by atoms with van der Waals surface area (Å²) < 4.78 is 2.01. The van der Waals surface area contributed by atoms with Crippen molar-refractivity contribution in [1.29, 1.82) is 0 Å². The van der Waals surface area contributed by atoms with Crippen molar-refractivity contribution in [2.24, 2.45) is 0 Å². The first-order valence-corrected chi connectivity index (χ1v) is 15.2. The van der Waals surface area contributed by atoms with Crippen LogP contribution in [0.3, 0.4) is 0 Å². The van der Waals surface area contributed by atoms with E-state index < -0.39 is 5.97 Å². The van der Waals surface area contributed by atoms with Crippen molar-refractivity contribution >= 4 is 44.9 Å². The maximum absolute atomic E-state index is 13.1. The lowest BCUT2D eigenvalue weighted by molar-refractivity contribution is -0.129. The van der Waals surface area contributed by atoms with Gasteiger partial charge < -0.3 is 24.4 Å². The van der Waals surface area contributed by atoms with Crippen LogP contribution >= 0.6 is 11.3 Å². The molecule has 0 bridgehead atoms. The number of hydrogen-bond donors (Lipinski definition) is 1. The number of carboxylic acid groups (broad SMARTS) is 1. The summed E-state index contributed by atoms with van der Waals surface area (Å²) >= 11 is 1.60. The SMILES string of the molecule is CN(C)CCN(c1ccccc1)c1nc(-c2c(C3CCCCC3)c3ccc(C(=O)O)cc3n2CC(=O)N(C)C)cs1. The monoisotopic (exact) mass is 573 g/mol. The Bertz CT molecular complexity index is 1520. The molecule has 9 heteroatoms. The molecule has 4 aromatic rings. The molecule has 2 aromatic heterocycles. The van der Waals surface area contributed by atoms with Crippen LogP contribution in [0.1, 0.15) is 53.9 Å². The molecule has 0 radical (unpaired) electrons. The van der Waals surface area contributed by atoms with Gasteiger partial charge in [-0.2, -0.15) is 0 Å². The van der Waals surface area contributed by atoms with Crippen LogP contribution < -0.4 is 4.90 Å². The molecule has 1 aliphatic rings. The predicted octanol–water partition coefficient (Wildman–Crippen LogP) is 6.30. The van der Waals surface area contributed by atoms with Gasteiger partial charge in [0.05, 0.1) is 16.8 Å². The molecular formula is C32H39N5O3S. The second-order valence-electron chi connectivity index (χ2n) is 11.3. The fourth-order valence-corrected chi connectivity index (χ4v) is 6.63. The van der Waals surface area contributed by atoms with Gasteiger partial charge in [-0.05, 0) is 62.7 Å². The van der Waals surface area contributed by atoms with Crippen molar-refractivity contribution in [3.05, 3.63) is 65.0 Å². The number of fused-ring (bicyclic) bond motifs is 1. The second-order valence-corrected chi connectivity index (χ2v) is 12.2. The summed E-state index contributed by atoms with van der Waals surface area (Å²) in [6.07, 6.45) is 5.70. The molecule has 0 unspecified atom stereocenters. The van der Waals surface area contributed by atoms with E-state index >= 15 is 0 Å². The van der Waals surface area contributed by atoms with Gasteiger partial charge in [0, 0.05) is 43.6 Å². The summed E-state index contributed by atoms with van der Waals surface area (Å²) in [5.41, 5.74) is 5.03. The van der Waals surface area contributed by atoms with Crippen LogP contribution in [0.5, 0.6) is 0 Å². The highest BCUT2D eigenvalue weighted by atomic mass is 32.1. The van der Waals surface area contributed by atoms with Gasteiger partial charge in [0.2, 0.25) is 5.91 Å². The van der Waals surface area contributed by atoms with Crippen molar-refractivity contribution in [1.82, 2.24) is 19.4 Å². The Morgan fingerprint density at radius 1 is 1.00 bits per heavy atom. The Kier molecular flexibility index (Phi) is 8.75. The molecule has 2 heterocycles. The first kappa shape index (κ1) is 28.8. The number of amides is 1. The Balaban J connectivity index is 1.71. The number of aromatic carboxylic acids is 1. The van der Waals surface area contributed by atoms with Crippen molar-refractivity contribution in [2.45, 2.75) is 44.6 Å². The molecule has 0 atom stereocenters. The van der Waals surface area contributed by atoms with Crippen LogP contribution in [0.25, 0.3) is 22.3 Å². The first-order valence-electron chi connectivity index (χ1n) is 14.3. The molecule has 0 saturated heterocycles. The minimum Gasteiger partial charge on any atom is -0.478 e. The molecule has 0 aliphatic heterocycles. The lowest BCUT2D eigenvalue weighted by Gasteiger charge is -2.24. The summed E-state index contributed by atoms with van der Waals surface area (Å²) in [5.74, 6) is -0.696. The standard InChI is InChI=1S/C32H39N5O3S/c1-34(2)17-18-36(24-13-9-6-10-14-24)32-33-26(21-41-32)30-29(22-11-7-5-8-12-22)25-16-15-23(31(39)40)19-27(25)37(30)20-28(38)35(3)4/h6,9-10,13-16,19,21-22H,5,7-8,11-12,17-18,20H2,1-4H3,(H,39,40). The number of benzene rings is 2. The van der Waals surface area contributed by atoms with Gasteiger partial charge in [-0.3, -0.25) is 4.79 Å². The highest BCUT2D eigenvalue weighted by molar-refractivity contribution is 7.14. The number of aromatic nitrogens is 2. The van der Waals surface area contributed by atoms with E-state index in [1.807, 2.05) is 28.8 Å². The third-order valence-electron chi connectivity index (χ3n) is 7.96. The van der Waals surface area contributed by atoms with Gasteiger partial charge in [0.1, 0.15) is 12.2 Å².